The van der Waals surface area contributed by atoms with Gasteiger partial charge in [0.15, 0.2) is 0 Å². The molecule has 2 aliphatic rings. The second-order valence-electron chi connectivity index (χ2n) is 9.89. The highest BCUT2D eigenvalue weighted by Gasteiger charge is 2.27. The van der Waals surface area contributed by atoms with Crippen molar-refractivity contribution in [1.29, 1.82) is 0 Å². The highest BCUT2D eigenvalue weighted by molar-refractivity contribution is 5.98. The molecule has 0 saturated carbocycles. The number of anilines is 1. The Morgan fingerprint density at radius 2 is 1.94 bits per heavy atom. The van der Waals surface area contributed by atoms with Crippen molar-refractivity contribution in [3.8, 4) is 11.3 Å². The van der Waals surface area contributed by atoms with Crippen LogP contribution < -0.4 is 10.2 Å². The summed E-state index contributed by atoms with van der Waals surface area (Å²) in [5, 5.41) is 9.21. The monoisotopic (exact) mass is 481 g/mol. The second kappa shape index (κ2) is 9.30. The summed E-state index contributed by atoms with van der Waals surface area (Å²) >= 11 is 0. The van der Waals surface area contributed by atoms with Crippen LogP contribution >= 0.6 is 0 Å². The van der Waals surface area contributed by atoms with Crippen molar-refractivity contribution in [2.75, 3.05) is 11.4 Å². The Morgan fingerprint density at radius 1 is 1.11 bits per heavy atom. The quantitative estimate of drug-likeness (QED) is 0.432. The molecule has 2 aromatic heterocycles. The molecule has 0 spiro atoms. The summed E-state index contributed by atoms with van der Waals surface area (Å²) in [7, 11) is 2.04. The van der Waals surface area contributed by atoms with Gasteiger partial charge in [-0.15, -0.1) is 0 Å². The summed E-state index contributed by atoms with van der Waals surface area (Å²) in [6.07, 6.45) is 6.67. The van der Waals surface area contributed by atoms with Gasteiger partial charge in [0.25, 0.3) is 0 Å². The number of nitrogens with zero attached hydrogens (tertiary/aromatic N) is 4. The molecule has 0 radical (unpaired) electrons. The summed E-state index contributed by atoms with van der Waals surface area (Å²) in [5.74, 6) is 0.954. The summed E-state index contributed by atoms with van der Waals surface area (Å²) in [6.45, 7) is 1.09. The molecule has 184 valence electrons. The van der Waals surface area contributed by atoms with Crippen molar-refractivity contribution in [1.82, 2.24) is 19.7 Å². The van der Waals surface area contributed by atoms with Crippen LogP contribution in [0, 0.1) is 0 Å². The molecule has 1 aliphatic heterocycles. The number of hydrogen-bond acceptors (Lipinski definition) is 3. The molecule has 7 heteroatoms. The van der Waals surface area contributed by atoms with Crippen LogP contribution in [0.1, 0.15) is 49.3 Å². The van der Waals surface area contributed by atoms with E-state index >= 15 is 0 Å². The van der Waals surface area contributed by atoms with Crippen molar-refractivity contribution in [3.63, 3.8) is 0 Å². The zero-order valence-corrected chi connectivity index (χ0v) is 20.6. The third-order valence-corrected chi connectivity index (χ3v) is 7.54. The molecule has 0 fully saturated rings. The van der Waals surface area contributed by atoms with E-state index in [1.54, 1.807) is 4.90 Å². The molecular weight excluding hydrogens is 450 g/mol. The van der Waals surface area contributed by atoms with Gasteiger partial charge in [-0.3, -0.25) is 14.5 Å². The third kappa shape index (κ3) is 4.08. The number of carbonyl (C=O) groups excluding carboxylic acids is 2. The van der Waals surface area contributed by atoms with Gasteiger partial charge in [0.2, 0.25) is 11.8 Å². The summed E-state index contributed by atoms with van der Waals surface area (Å²) < 4.78 is 4.03. The summed E-state index contributed by atoms with van der Waals surface area (Å²) in [5.41, 5.74) is 5.67. The molecule has 0 unspecified atom stereocenters. The maximum Gasteiger partial charge on any atom is 0.229 e. The smallest absolute Gasteiger partial charge is 0.229 e. The highest BCUT2D eigenvalue weighted by Crippen LogP contribution is 2.34. The predicted molar refractivity (Wildman–Crippen MR) is 141 cm³/mol. The third-order valence-electron chi connectivity index (χ3n) is 7.54. The Balaban J connectivity index is 1.14. The van der Waals surface area contributed by atoms with Gasteiger partial charge in [0.1, 0.15) is 5.82 Å². The van der Waals surface area contributed by atoms with Crippen LogP contribution in [-0.2, 0) is 29.6 Å². The minimum absolute atomic E-state index is 0.0473. The average Bonchev–Trinajstić information content (AvgIpc) is 3.47. The van der Waals surface area contributed by atoms with Crippen LogP contribution in [0.5, 0.6) is 0 Å². The lowest BCUT2D eigenvalue weighted by Crippen LogP contribution is -2.38. The van der Waals surface area contributed by atoms with Gasteiger partial charge < -0.3 is 9.88 Å². The maximum absolute atomic E-state index is 12.8. The Bertz CT molecular complexity index is 1450. The van der Waals surface area contributed by atoms with Gasteiger partial charge in [0, 0.05) is 55.2 Å². The number of rotatable bonds is 6. The Kier molecular flexibility index (Phi) is 5.83. The van der Waals surface area contributed by atoms with E-state index in [-0.39, 0.29) is 17.9 Å². The number of benzene rings is 2. The number of nitrogens with one attached hydrogen (secondary N) is 1. The number of fused-ring (bicyclic) bond motifs is 3. The first-order valence-electron chi connectivity index (χ1n) is 12.9. The van der Waals surface area contributed by atoms with Crippen LogP contribution in [-0.4, -0.2) is 32.7 Å². The van der Waals surface area contributed by atoms with Crippen LogP contribution in [0.2, 0.25) is 0 Å². The van der Waals surface area contributed by atoms with Gasteiger partial charge in [0.05, 0.1) is 18.3 Å². The molecule has 1 N–H and O–H groups in total. The first-order valence-corrected chi connectivity index (χ1v) is 12.9. The Labute approximate surface area is 210 Å². The van der Waals surface area contributed by atoms with Crippen LogP contribution in [0.4, 0.5) is 5.82 Å². The molecule has 7 nitrogen and oxygen atoms in total. The minimum Gasteiger partial charge on any atom is -0.350 e. The minimum atomic E-state index is 0.0473. The van der Waals surface area contributed by atoms with Crippen molar-refractivity contribution < 1.29 is 9.59 Å². The van der Waals surface area contributed by atoms with Gasteiger partial charge in [-0.2, -0.15) is 5.10 Å². The van der Waals surface area contributed by atoms with Crippen LogP contribution in [0.15, 0.2) is 60.8 Å². The highest BCUT2D eigenvalue weighted by atomic mass is 16.2. The lowest BCUT2D eigenvalue weighted by molar-refractivity contribution is -0.122. The fourth-order valence-corrected chi connectivity index (χ4v) is 5.74. The number of hydrogen-bond donors (Lipinski definition) is 1. The summed E-state index contributed by atoms with van der Waals surface area (Å²) in [4.78, 5) is 27.4. The summed E-state index contributed by atoms with van der Waals surface area (Å²) in [6, 6.07) is 18.8. The molecule has 4 aromatic rings. The van der Waals surface area contributed by atoms with Gasteiger partial charge in [-0.1, -0.05) is 42.5 Å². The SMILES string of the molecule is Cn1cc(-c2cc3n(n2)CCC(=O)N3CCCC(=O)N[C@H]2CCCc3ccccc32)c2ccccc21. The van der Waals surface area contributed by atoms with Gasteiger partial charge in [-0.25, -0.2) is 4.68 Å². The fraction of sp³-hybridized carbons (Fsp3) is 0.345. The number of aryl methyl sites for hydroxylation is 3. The van der Waals surface area contributed by atoms with E-state index in [4.69, 9.17) is 5.10 Å². The molecule has 1 aliphatic carbocycles. The standard InChI is InChI=1S/C29H31N5O2/c1-32-19-23(22-11-4-5-13-26(22)32)25-18-28-33(29(36)15-17-34(28)31-25)16-7-14-27(35)30-24-12-6-9-20-8-2-3-10-21(20)24/h2-5,8,10-11,13,18-19,24H,6-7,9,12,14-17H2,1H3,(H,30,35)/t24-/m0/s1. The Morgan fingerprint density at radius 3 is 2.86 bits per heavy atom. The zero-order valence-electron chi connectivity index (χ0n) is 20.6. The lowest BCUT2D eigenvalue weighted by atomic mass is 9.87. The Hall–Kier alpha value is -3.87. The second-order valence-corrected chi connectivity index (χ2v) is 9.89. The van der Waals surface area contributed by atoms with Crippen molar-refractivity contribution in [3.05, 3.63) is 71.9 Å². The number of amides is 2. The first-order chi connectivity index (χ1) is 17.6. The number of aromatic nitrogens is 3. The van der Waals surface area contributed by atoms with E-state index in [9.17, 15) is 9.59 Å². The van der Waals surface area contributed by atoms with Gasteiger partial charge in [-0.05, 0) is 42.9 Å². The van der Waals surface area contributed by atoms with E-state index in [0.29, 0.717) is 32.4 Å². The van der Waals surface area contributed by atoms with Crippen LogP contribution in [0.3, 0.4) is 0 Å². The molecule has 0 bridgehead atoms. The largest absolute Gasteiger partial charge is 0.350 e. The van der Waals surface area contributed by atoms with E-state index in [2.05, 4.69) is 46.4 Å². The first kappa shape index (κ1) is 22.6. The van der Waals surface area contributed by atoms with E-state index in [0.717, 1.165) is 47.2 Å². The van der Waals surface area contributed by atoms with Crippen LogP contribution in [0.25, 0.3) is 22.2 Å². The number of carbonyl (C=O) groups is 2. The average molecular weight is 482 g/mol. The molecule has 36 heavy (non-hydrogen) atoms. The molecule has 2 aromatic carbocycles. The normalized spacial score (nSPS) is 17.2. The topological polar surface area (TPSA) is 72.2 Å². The predicted octanol–water partition coefficient (Wildman–Crippen LogP) is 4.75. The molecule has 3 heterocycles. The number of para-hydroxylation sites is 1. The van der Waals surface area contributed by atoms with E-state index in [1.807, 2.05) is 36.0 Å². The molecule has 6 rings (SSSR count). The molecule has 2 amide bonds. The van der Waals surface area contributed by atoms with E-state index < -0.39 is 0 Å². The fourth-order valence-electron chi connectivity index (χ4n) is 5.74. The molecule has 0 saturated heterocycles. The van der Waals surface area contributed by atoms with Crippen molar-refractivity contribution in [2.45, 2.75) is 51.1 Å². The maximum atomic E-state index is 12.8. The van der Waals surface area contributed by atoms with E-state index in [1.165, 1.54) is 11.1 Å². The zero-order chi connectivity index (χ0) is 24.6. The molecule has 1 atom stereocenters. The van der Waals surface area contributed by atoms with Crippen molar-refractivity contribution in [2.24, 2.45) is 7.05 Å². The lowest BCUT2D eigenvalue weighted by Gasteiger charge is -2.28. The van der Waals surface area contributed by atoms with Gasteiger partial charge >= 0.3 is 0 Å². The van der Waals surface area contributed by atoms with Crippen molar-refractivity contribution >= 4 is 28.5 Å². The molecular formula is C29H31N5O2.